The summed E-state index contributed by atoms with van der Waals surface area (Å²) in [6.07, 6.45) is -2.07. The first-order valence-electron chi connectivity index (χ1n) is 9.60. The number of benzene rings is 1. The van der Waals surface area contributed by atoms with E-state index in [1.54, 1.807) is 48.7 Å². The molecule has 31 heavy (non-hydrogen) atoms. The monoisotopic (exact) mass is 431 g/mol. The van der Waals surface area contributed by atoms with Crippen molar-refractivity contribution in [3.8, 4) is 5.75 Å². The van der Waals surface area contributed by atoms with Crippen LogP contribution in [0.5, 0.6) is 5.75 Å². The number of carbonyl (C=O) groups excluding carboxylic acids is 1. The zero-order chi connectivity index (χ0) is 22.0. The number of fused-ring (bicyclic) bond motifs is 1. The molecule has 1 aromatic carbocycles. The third kappa shape index (κ3) is 4.18. The van der Waals surface area contributed by atoms with Crippen molar-refractivity contribution in [2.75, 3.05) is 12.4 Å². The second-order valence-electron chi connectivity index (χ2n) is 7.09. The van der Waals surface area contributed by atoms with Gasteiger partial charge in [-0.1, -0.05) is 24.3 Å². The van der Waals surface area contributed by atoms with Crippen molar-refractivity contribution in [2.24, 2.45) is 0 Å². The van der Waals surface area contributed by atoms with Gasteiger partial charge in [-0.15, -0.1) is 0 Å². The third-order valence-corrected chi connectivity index (χ3v) is 5.15. The number of carbonyl (C=O) groups is 1. The van der Waals surface area contributed by atoms with Crippen molar-refractivity contribution >= 4 is 11.7 Å². The topological polar surface area (TPSA) is 81.1 Å². The molecular formula is C21H20F3N5O2. The molecule has 0 saturated carbocycles. The van der Waals surface area contributed by atoms with E-state index in [2.05, 4.69) is 20.7 Å². The number of aromatic nitrogens is 3. The summed E-state index contributed by atoms with van der Waals surface area (Å²) < 4.78 is 47.7. The first-order chi connectivity index (χ1) is 14.9. The largest absolute Gasteiger partial charge is 0.496 e. The molecule has 2 aromatic heterocycles. The van der Waals surface area contributed by atoms with E-state index in [0.29, 0.717) is 17.0 Å². The van der Waals surface area contributed by atoms with Gasteiger partial charge in [-0.05, 0) is 18.2 Å². The van der Waals surface area contributed by atoms with Crippen LogP contribution in [0.2, 0.25) is 0 Å². The lowest BCUT2D eigenvalue weighted by atomic mass is 9.95. The van der Waals surface area contributed by atoms with E-state index in [9.17, 15) is 18.0 Å². The molecule has 162 valence electrons. The fraction of sp³-hybridized carbons (Fsp3) is 0.286. The van der Waals surface area contributed by atoms with Crippen molar-refractivity contribution in [1.82, 2.24) is 20.1 Å². The normalized spacial score (nSPS) is 18.1. The maximum Gasteiger partial charge on any atom is 0.410 e. The van der Waals surface area contributed by atoms with E-state index in [-0.39, 0.29) is 24.3 Å². The van der Waals surface area contributed by atoms with E-state index in [4.69, 9.17) is 4.74 Å². The Kier molecular flexibility index (Phi) is 5.53. The number of anilines is 1. The number of para-hydroxylation sites is 1. The Hall–Kier alpha value is -3.56. The Bertz CT molecular complexity index is 1070. The van der Waals surface area contributed by atoms with Crippen LogP contribution in [0.25, 0.3) is 0 Å². The molecule has 2 atom stereocenters. The Morgan fingerprint density at radius 2 is 2.03 bits per heavy atom. The first kappa shape index (κ1) is 20.7. The number of amides is 1. The quantitative estimate of drug-likeness (QED) is 0.641. The van der Waals surface area contributed by atoms with Gasteiger partial charge in [-0.25, -0.2) is 4.68 Å². The predicted octanol–water partition coefficient (Wildman–Crippen LogP) is 3.88. The third-order valence-electron chi connectivity index (χ3n) is 5.15. The van der Waals surface area contributed by atoms with E-state index < -0.39 is 24.2 Å². The van der Waals surface area contributed by atoms with Crippen LogP contribution in [0.1, 0.15) is 40.1 Å². The minimum absolute atomic E-state index is 0.0167. The van der Waals surface area contributed by atoms with Gasteiger partial charge in [0.25, 0.3) is 5.91 Å². The van der Waals surface area contributed by atoms with Crippen molar-refractivity contribution in [3.63, 3.8) is 0 Å². The number of alkyl halides is 3. The van der Waals surface area contributed by atoms with Gasteiger partial charge in [0.2, 0.25) is 0 Å². The molecule has 10 heteroatoms. The van der Waals surface area contributed by atoms with Gasteiger partial charge >= 0.3 is 6.18 Å². The van der Waals surface area contributed by atoms with Crippen LogP contribution in [0.4, 0.5) is 19.0 Å². The van der Waals surface area contributed by atoms with Gasteiger partial charge in [0, 0.05) is 18.2 Å². The van der Waals surface area contributed by atoms with Crippen LogP contribution < -0.4 is 15.4 Å². The molecule has 4 rings (SSSR count). The molecule has 7 nitrogen and oxygen atoms in total. The highest BCUT2D eigenvalue weighted by atomic mass is 19.4. The molecule has 3 heterocycles. The Morgan fingerprint density at radius 1 is 1.26 bits per heavy atom. The van der Waals surface area contributed by atoms with Crippen LogP contribution in [0.3, 0.4) is 0 Å². The summed E-state index contributed by atoms with van der Waals surface area (Å²) >= 11 is 0. The number of halogens is 3. The van der Waals surface area contributed by atoms with Crippen LogP contribution in [0.15, 0.2) is 54.9 Å². The summed E-state index contributed by atoms with van der Waals surface area (Å²) in [5.74, 6) is -0.0564. The van der Waals surface area contributed by atoms with E-state index in [1.807, 2.05) is 0 Å². The fourth-order valence-corrected chi connectivity index (χ4v) is 3.66. The minimum Gasteiger partial charge on any atom is -0.496 e. The number of rotatable bonds is 5. The average Bonchev–Trinajstić information content (AvgIpc) is 3.20. The molecule has 2 N–H and O–H groups in total. The highest BCUT2D eigenvalue weighted by Crippen LogP contribution is 2.45. The smallest absolute Gasteiger partial charge is 0.410 e. The summed E-state index contributed by atoms with van der Waals surface area (Å²) in [6, 6.07) is 9.54. The Labute approximate surface area is 176 Å². The summed E-state index contributed by atoms with van der Waals surface area (Å²) in [5, 5.41) is 9.62. The molecule has 1 aliphatic heterocycles. The second kappa shape index (κ2) is 8.29. The van der Waals surface area contributed by atoms with E-state index in [1.165, 1.54) is 7.11 Å². The lowest BCUT2D eigenvalue weighted by Crippen LogP contribution is -2.36. The molecule has 1 amide bonds. The van der Waals surface area contributed by atoms with Crippen LogP contribution >= 0.6 is 0 Å². The molecule has 3 aromatic rings. The van der Waals surface area contributed by atoms with Gasteiger partial charge in [-0.2, -0.15) is 18.3 Å². The predicted molar refractivity (Wildman–Crippen MR) is 107 cm³/mol. The Morgan fingerprint density at radius 3 is 2.74 bits per heavy atom. The Balaban J connectivity index is 1.65. The SMILES string of the molecule is COc1ccccc1[C@H]1C[C@@H](C(F)(F)F)n2ncc(C(=O)NCc3ccccn3)c2N1. The first-order valence-corrected chi connectivity index (χ1v) is 9.60. The van der Waals surface area contributed by atoms with Crippen LogP contribution in [-0.4, -0.2) is 34.0 Å². The zero-order valence-corrected chi connectivity index (χ0v) is 16.6. The maximum absolute atomic E-state index is 13.8. The standard InChI is InChI=1S/C21H20F3N5O2/c1-31-17-8-3-2-7-14(17)16-10-18(21(22,23)24)29-19(28-16)15(12-27-29)20(30)26-11-13-6-4-5-9-25-13/h2-9,12,16,18,28H,10-11H2,1H3,(H,26,30)/t16-,18+/m1/s1. The van der Waals surface area contributed by atoms with Crippen molar-refractivity contribution in [3.05, 3.63) is 71.7 Å². The number of methoxy groups -OCH3 is 1. The van der Waals surface area contributed by atoms with Gasteiger partial charge in [0.15, 0.2) is 6.04 Å². The fourth-order valence-electron chi connectivity index (χ4n) is 3.66. The maximum atomic E-state index is 13.8. The number of nitrogens with one attached hydrogen (secondary N) is 2. The zero-order valence-electron chi connectivity index (χ0n) is 16.6. The molecule has 0 radical (unpaired) electrons. The number of ether oxygens (including phenoxy) is 1. The van der Waals surface area contributed by atoms with Crippen molar-refractivity contribution in [1.29, 1.82) is 0 Å². The molecule has 0 bridgehead atoms. The van der Waals surface area contributed by atoms with Gasteiger partial charge in [-0.3, -0.25) is 9.78 Å². The van der Waals surface area contributed by atoms with E-state index in [0.717, 1.165) is 10.9 Å². The second-order valence-corrected chi connectivity index (χ2v) is 7.09. The van der Waals surface area contributed by atoms with E-state index >= 15 is 0 Å². The van der Waals surface area contributed by atoms with Crippen LogP contribution in [0, 0.1) is 0 Å². The molecular weight excluding hydrogens is 411 g/mol. The summed E-state index contributed by atoms with van der Waals surface area (Å²) in [4.78, 5) is 16.9. The van der Waals surface area contributed by atoms with Gasteiger partial charge < -0.3 is 15.4 Å². The lowest BCUT2D eigenvalue weighted by molar-refractivity contribution is -0.173. The molecule has 0 saturated heterocycles. The summed E-state index contributed by atoms with van der Waals surface area (Å²) in [5.41, 5.74) is 1.24. The van der Waals surface area contributed by atoms with Gasteiger partial charge in [0.05, 0.1) is 31.6 Å². The minimum atomic E-state index is -4.54. The number of pyridine rings is 1. The number of hydrogen-bond donors (Lipinski definition) is 2. The molecule has 0 fully saturated rings. The van der Waals surface area contributed by atoms with Crippen molar-refractivity contribution < 1.29 is 22.7 Å². The van der Waals surface area contributed by atoms with Crippen LogP contribution in [-0.2, 0) is 6.54 Å². The number of hydrogen-bond acceptors (Lipinski definition) is 5. The summed E-state index contributed by atoms with van der Waals surface area (Å²) in [7, 11) is 1.46. The van der Waals surface area contributed by atoms with Crippen molar-refractivity contribution in [2.45, 2.75) is 31.2 Å². The number of nitrogens with zero attached hydrogens (tertiary/aromatic N) is 3. The highest BCUT2D eigenvalue weighted by molar-refractivity contribution is 5.98. The average molecular weight is 431 g/mol. The highest BCUT2D eigenvalue weighted by Gasteiger charge is 2.47. The lowest BCUT2D eigenvalue weighted by Gasteiger charge is -2.34. The van der Waals surface area contributed by atoms with Gasteiger partial charge in [0.1, 0.15) is 17.1 Å². The summed E-state index contributed by atoms with van der Waals surface area (Å²) in [6.45, 7) is 0.142. The molecule has 0 spiro atoms. The molecule has 0 aliphatic carbocycles. The molecule has 0 unspecified atom stereocenters. The molecule has 1 aliphatic rings.